The van der Waals surface area contributed by atoms with E-state index >= 15 is 0 Å². The fourth-order valence-electron chi connectivity index (χ4n) is 3.51. The molecule has 0 saturated heterocycles. The largest absolute Gasteiger partial charge is 1.00 e. The number of aryl methyl sites for hydroxylation is 1. The molecule has 0 aromatic heterocycles. The Morgan fingerprint density at radius 2 is 1.45 bits per heavy atom. The van der Waals surface area contributed by atoms with E-state index in [1.807, 2.05) is 0 Å². The molecule has 0 bridgehead atoms. The Labute approximate surface area is 202 Å². The smallest absolute Gasteiger partial charge is 0.0114 e. The van der Waals surface area contributed by atoms with Crippen LogP contribution in [0.5, 0.6) is 0 Å². The van der Waals surface area contributed by atoms with Gasteiger partial charge in [0.2, 0.25) is 0 Å². The molecule has 0 radical (unpaired) electrons. The molecule has 4 heteroatoms. The van der Waals surface area contributed by atoms with Crippen LogP contribution in [0.3, 0.4) is 0 Å². The van der Waals surface area contributed by atoms with Crippen LogP contribution in [0.1, 0.15) is 30.9 Å². The number of fused-ring (bicyclic) bond motifs is 2. The van der Waals surface area contributed by atoms with E-state index in [9.17, 15) is 0 Å². The van der Waals surface area contributed by atoms with Crippen molar-refractivity contribution in [3.63, 3.8) is 0 Å². The second-order valence-corrected chi connectivity index (χ2v) is 17.2. The van der Waals surface area contributed by atoms with Gasteiger partial charge in [-0.25, -0.2) is 0 Å². The summed E-state index contributed by atoms with van der Waals surface area (Å²) in [5.41, 5.74) is 5.65. The van der Waals surface area contributed by atoms with E-state index in [-0.39, 0.29) is 30.2 Å². The van der Waals surface area contributed by atoms with Crippen molar-refractivity contribution in [2.75, 3.05) is 0 Å². The number of benzene rings is 3. The van der Waals surface area contributed by atoms with Gasteiger partial charge in [-0.3, -0.25) is 0 Å². The quantitative estimate of drug-likeness (QED) is 0.280. The van der Waals surface area contributed by atoms with Crippen molar-refractivity contribution in [1.82, 2.24) is 0 Å². The SMILES string of the molecule is C[Si](C)=[Zr+2].Cc1cc2c(-c3cccc4ccccc34)cc(C(C)C)cc2[cH-]1.[Cl-].[Cl-]. The van der Waals surface area contributed by atoms with Crippen LogP contribution in [0, 0.1) is 6.92 Å². The van der Waals surface area contributed by atoms with E-state index in [2.05, 4.69) is 101 Å². The first-order chi connectivity index (χ1) is 12.9. The second kappa shape index (κ2) is 11.6. The normalized spacial score (nSPS) is 10.2. The van der Waals surface area contributed by atoms with Gasteiger partial charge in [-0.2, -0.15) is 6.07 Å². The van der Waals surface area contributed by atoms with Gasteiger partial charge in [-0.1, -0.05) is 80.4 Å². The first-order valence-corrected chi connectivity index (χ1v) is 15.8. The monoisotopic (exact) mass is 515 g/mol. The average molecular weight is 518 g/mol. The van der Waals surface area contributed by atoms with Gasteiger partial charge in [0.25, 0.3) is 0 Å². The Kier molecular flexibility index (Phi) is 10.5. The molecule has 4 aromatic rings. The molecule has 0 heterocycles. The zero-order chi connectivity index (χ0) is 19.6. The van der Waals surface area contributed by atoms with Gasteiger partial charge < -0.3 is 24.8 Å². The molecule has 0 aliphatic rings. The molecule has 0 spiro atoms. The summed E-state index contributed by atoms with van der Waals surface area (Å²) in [6.07, 6.45) is 0. The van der Waals surface area contributed by atoms with E-state index in [0.717, 1.165) is 0 Å². The third-order valence-corrected chi connectivity index (χ3v) is 4.74. The summed E-state index contributed by atoms with van der Waals surface area (Å²) >= 11 is 1.74. The molecule has 0 atom stereocenters. The van der Waals surface area contributed by atoms with E-state index in [0.29, 0.717) is 5.92 Å². The molecular formula is C25H27Cl2SiZr-. The van der Waals surface area contributed by atoms with Crippen LogP contribution in [0.15, 0.2) is 66.7 Å². The molecule has 29 heavy (non-hydrogen) atoms. The van der Waals surface area contributed by atoms with Gasteiger partial charge >= 0.3 is 41.9 Å². The third kappa shape index (κ3) is 6.34. The maximum absolute atomic E-state index is 2.38. The summed E-state index contributed by atoms with van der Waals surface area (Å²) in [7, 11) is 0. The molecule has 0 nitrogen and oxygen atoms in total. The maximum Gasteiger partial charge on any atom is -0.0114 e. The van der Waals surface area contributed by atoms with E-state index in [1.165, 1.54) is 43.8 Å². The Balaban J connectivity index is 0.000000646. The van der Waals surface area contributed by atoms with E-state index in [4.69, 9.17) is 0 Å². The van der Waals surface area contributed by atoms with Crippen LogP contribution in [0.2, 0.25) is 13.1 Å². The molecule has 4 rings (SSSR count). The predicted molar refractivity (Wildman–Crippen MR) is 119 cm³/mol. The van der Waals surface area contributed by atoms with Crippen molar-refractivity contribution in [2.45, 2.75) is 39.8 Å². The van der Waals surface area contributed by atoms with Crippen LogP contribution in [-0.4, -0.2) is 5.43 Å². The topological polar surface area (TPSA) is 0 Å². The van der Waals surface area contributed by atoms with E-state index in [1.54, 1.807) is 23.3 Å². The summed E-state index contributed by atoms with van der Waals surface area (Å²) in [5.74, 6) is 0.531. The predicted octanol–water partition coefficient (Wildman–Crippen LogP) is 1.60. The van der Waals surface area contributed by atoms with Crippen LogP contribution >= 0.6 is 0 Å². The van der Waals surface area contributed by atoms with Gasteiger partial charge in [0.1, 0.15) is 0 Å². The third-order valence-electron chi connectivity index (χ3n) is 4.74. The minimum Gasteiger partial charge on any atom is -1.00 e. The van der Waals surface area contributed by atoms with Gasteiger partial charge in [0, 0.05) is 0 Å². The van der Waals surface area contributed by atoms with Crippen LogP contribution in [-0.2, 0) is 23.3 Å². The van der Waals surface area contributed by atoms with Crippen molar-refractivity contribution in [1.29, 1.82) is 0 Å². The second-order valence-electron chi connectivity index (χ2n) is 7.79. The van der Waals surface area contributed by atoms with Crippen molar-refractivity contribution in [2.24, 2.45) is 0 Å². The molecular weight excluding hydrogens is 490 g/mol. The number of halogens is 2. The summed E-state index contributed by atoms with van der Waals surface area (Å²) in [6, 6.07) is 24.6. The summed E-state index contributed by atoms with van der Waals surface area (Å²) in [6.45, 7) is 11.3. The van der Waals surface area contributed by atoms with Crippen molar-refractivity contribution in [3.8, 4) is 11.1 Å². The Morgan fingerprint density at radius 3 is 2.10 bits per heavy atom. The van der Waals surface area contributed by atoms with Gasteiger partial charge in [0.05, 0.1) is 0 Å². The van der Waals surface area contributed by atoms with Crippen molar-refractivity contribution in [3.05, 3.63) is 77.9 Å². The first-order valence-electron chi connectivity index (χ1n) is 9.57. The summed E-state index contributed by atoms with van der Waals surface area (Å²) in [4.78, 5) is 0. The molecule has 0 saturated carbocycles. The Morgan fingerprint density at radius 1 is 0.828 bits per heavy atom. The van der Waals surface area contributed by atoms with Crippen LogP contribution < -0.4 is 24.8 Å². The maximum atomic E-state index is 2.38. The number of hydrogen-bond donors (Lipinski definition) is 0. The van der Waals surface area contributed by atoms with Gasteiger partial charge in [0.15, 0.2) is 0 Å². The average Bonchev–Trinajstić information content (AvgIpc) is 3.00. The van der Waals surface area contributed by atoms with E-state index < -0.39 is 0 Å². The van der Waals surface area contributed by atoms with Crippen LogP contribution in [0.4, 0.5) is 0 Å². The zero-order valence-corrected chi connectivity index (χ0v) is 22.7. The van der Waals surface area contributed by atoms with Crippen molar-refractivity contribution >= 4 is 27.0 Å². The minimum absolute atomic E-state index is 0. The number of rotatable bonds is 2. The van der Waals surface area contributed by atoms with Crippen LogP contribution in [0.25, 0.3) is 32.7 Å². The van der Waals surface area contributed by atoms with Gasteiger partial charge in [-0.15, -0.1) is 28.5 Å². The molecule has 0 aliphatic carbocycles. The fourth-order valence-corrected chi connectivity index (χ4v) is 3.51. The molecule has 4 aromatic carbocycles. The molecule has 0 aliphatic heterocycles. The Hall–Kier alpha value is -0.790. The zero-order valence-electron chi connectivity index (χ0n) is 17.7. The van der Waals surface area contributed by atoms with Crippen molar-refractivity contribution < 1.29 is 48.1 Å². The minimum atomic E-state index is 0. The molecule has 0 N–H and O–H groups in total. The molecule has 0 unspecified atom stereocenters. The number of hydrogen-bond acceptors (Lipinski definition) is 0. The summed E-state index contributed by atoms with van der Waals surface area (Å²) < 4.78 is 0. The standard InChI is InChI=1S/C23H21.C2H6Si.2ClH.Zr/c1-15(2)18-13-19-11-16(3)12-22(19)23(14-18)21-10-6-8-17-7-4-5-9-20(17)21;1-3-2;;;/h4-15H,1-3H3;1-2H3;2*1H;/q-1;;;;+2/p-2. The fraction of sp³-hybridized carbons (Fsp3) is 0.240. The molecule has 0 amide bonds. The van der Waals surface area contributed by atoms with Gasteiger partial charge in [-0.05, 0) is 22.3 Å². The molecule has 0 fully saturated rings. The summed E-state index contributed by atoms with van der Waals surface area (Å²) in [5, 5.41) is 5.35. The first kappa shape index (κ1) is 26.2. The Bertz CT molecular complexity index is 1100. The molecule has 150 valence electrons.